The highest BCUT2D eigenvalue weighted by molar-refractivity contribution is 5.80. The Balaban J connectivity index is 1.41. The van der Waals surface area contributed by atoms with Crippen molar-refractivity contribution in [3.05, 3.63) is 35.4 Å². The molecule has 1 aliphatic carbocycles. The van der Waals surface area contributed by atoms with Crippen LogP contribution in [0.1, 0.15) is 37.3 Å². The fraction of sp³-hybridized carbons (Fsp3) is 0.611. The molecule has 22 heavy (non-hydrogen) atoms. The number of fused-ring (bicyclic) bond motifs is 1. The molecule has 0 unspecified atom stereocenters. The molecule has 1 aliphatic heterocycles. The van der Waals surface area contributed by atoms with Gasteiger partial charge in [-0.05, 0) is 43.7 Å². The lowest BCUT2D eigenvalue weighted by Gasteiger charge is -2.28. The van der Waals surface area contributed by atoms with Gasteiger partial charge in [0.1, 0.15) is 0 Å². The number of nitrogens with zero attached hydrogens (tertiary/aromatic N) is 2. The molecule has 1 heterocycles. The summed E-state index contributed by atoms with van der Waals surface area (Å²) in [5.74, 6) is 0.994. The van der Waals surface area contributed by atoms with Crippen LogP contribution >= 0.6 is 0 Å². The second-order valence-corrected chi connectivity index (χ2v) is 6.33. The Morgan fingerprint density at radius 3 is 2.86 bits per heavy atom. The maximum Gasteiger partial charge on any atom is 0.191 e. The predicted octanol–water partition coefficient (Wildman–Crippen LogP) is 2.15. The summed E-state index contributed by atoms with van der Waals surface area (Å²) < 4.78 is 0. The van der Waals surface area contributed by atoms with Gasteiger partial charge in [0.25, 0.3) is 0 Å². The summed E-state index contributed by atoms with van der Waals surface area (Å²) in [6.07, 6.45) is 4.89. The van der Waals surface area contributed by atoms with Gasteiger partial charge in [-0.15, -0.1) is 0 Å². The van der Waals surface area contributed by atoms with Gasteiger partial charge >= 0.3 is 0 Å². The molecule has 0 bridgehead atoms. The van der Waals surface area contributed by atoms with Crippen LogP contribution in [0.3, 0.4) is 0 Å². The Morgan fingerprint density at radius 1 is 1.27 bits per heavy atom. The first-order valence-corrected chi connectivity index (χ1v) is 8.69. The van der Waals surface area contributed by atoms with E-state index in [1.165, 1.54) is 36.9 Å². The van der Waals surface area contributed by atoms with Crippen molar-refractivity contribution in [3.8, 4) is 0 Å². The van der Waals surface area contributed by atoms with Crippen LogP contribution in [0, 0.1) is 0 Å². The van der Waals surface area contributed by atoms with Crippen LogP contribution in [-0.4, -0.2) is 43.1 Å². The third-order valence-corrected chi connectivity index (χ3v) is 4.37. The SMILES string of the molecule is CCNC(=NCCCN1CCc2ccccc2C1)NC1CC1. The summed E-state index contributed by atoms with van der Waals surface area (Å²) in [4.78, 5) is 7.24. The van der Waals surface area contributed by atoms with Gasteiger partial charge < -0.3 is 10.6 Å². The Labute approximate surface area is 134 Å². The lowest BCUT2D eigenvalue weighted by atomic mass is 10.00. The second kappa shape index (κ2) is 7.63. The van der Waals surface area contributed by atoms with Crippen molar-refractivity contribution < 1.29 is 0 Å². The number of rotatable bonds is 6. The van der Waals surface area contributed by atoms with Crippen molar-refractivity contribution in [2.45, 2.75) is 45.2 Å². The fourth-order valence-electron chi connectivity index (χ4n) is 2.97. The molecule has 4 nitrogen and oxygen atoms in total. The highest BCUT2D eigenvalue weighted by Gasteiger charge is 2.22. The van der Waals surface area contributed by atoms with Crippen LogP contribution < -0.4 is 10.6 Å². The molecule has 0 aromatic heterocycles. The normalized spacial score (nSPS) is 18.9. The molecule has 0 radical (unpaired) electrons. The Kier molecular flexibility index (Phi) is 5.33. The zero-order valence-electron chi connectivity index (χ0n) is 13.6. The smallest absolute Gasteiger partial charge is 0.191 e. The van der Waals surface area contributed by atoms with Gasteiger partial charge in [-0.3, -0.25) is 9.89 Å². The quantitative estimate of drug-likeness (QED) is 0.480. The summed E-state index contributed by atoms with van der Waals surface area (Å²) in [6, 6.07) is 9.50. The second-order valence-electron chi connectivity index (χ2n) is 6.33. The van der Waals surface area contributed by atoms with Gasteiger partial charge in [0.15, 0.2) is 5.96 Å². The molecule has 0 atom stereocenters. The van der Waals surface area contributed by atoms with Crippen molar-refractivity contribution in [2.75, 3.05) is 26.2 Å². The van der Waals surface area contributed by atoms with E-state index in [-0.39, 0.29) is 0 Å². The van der Waals surface area contributed by atoms with E-state index in [9.17, 15) is 0 Å². The van der Waals surface area contributed by atoms with Gasteiger partial charge in [-0.2, -0.15) is 0 Å². The largest absolute Gasteiger partial charge is 0.357 e. The summed E-state index contributed by atoms with van der Waals surface area (Å²) in [6.45, 7) is 7.37. The molecule has 0 spiro atoms. The zero-order chi connectivity index (χ0) is 15.2. The molecule has 2 N–H and O–H groups in total. The van der Waals surface area contributed by atoms with Crippen LogP contribution in [0.15, 0.2) is 29.3 Å². The Bertz CT molecular complexity index is 508. The van der Waals surface area contributed by atoms with Gasteiger partial charge in [-0.1, -0.05) is 24.3 Å². The van der Waals surface area contributed by atoms with E-state index in [1.54, 1.807) is 0 Å². The number of nitrogens with one attached hydrogen (secondary N) is 2. The molecule has 120 valence electrons. The lowest BCUT2D eigenvalue weighted by Crippen LogP contribution is -2.38. The molecule has 1 saturated carbocycles. The first kappa shape index (κ1) is 15.3. The minimum absolute atomic E-state index is 0.663. The van der Waals surface area contributed by atoms with E-state index >= 15 is 0 Å². The molecular formula is C18H28N4. The Hall–Kier alpha value is -1.55. The summed E-state index contributed by atoms with van der Waals surface area (Å²) in [7, 11) is 0. The third-order valence-electron chi connectivity index (χ3n) is 4.37. The van der Waals surface area contributed by atoms with E-state index in [0.29, 0.717) is 6.04 Å². The maximum atomic E-state index is 4.69. The van der Waals surface area contributed by atoms with Crippen molar-refractivity contribution in [2.24, 2.45) is 4.99 Å². The Morgan fingerprint density at radius 2 is 2.09 bits per heavy atom. The fourth-order valence-corrected chi connectivity index (χ4v) is 2.97. The topological polar surface area (TPSA) is 39.7 Å². The van der Waals surface area contributed by atoms with Crippen LogP contribution in [0.2, 0.25) is 0 Å². The number of guanidine groups is 1. The number of hydrogen-bond acceptors (Lipinski definition) is 2. The van der Waals surface area contributed by atoms with Crippen molar-refractivity contribution >= 4 is 5.96 Å². The standard InChI is InChI=1S/C18H28N4/c1-2-19-18(21-17-8-9-17)20-11-5-12-22-13-10-15-6-3-4-7-16(15)14-22/h3-4,6-7,17H,2,5,8-14H2,1H3,(H2,19,20,21). The highest BCUT2D eigenvalue weighted by atomic mass is 15.2. The molecule has 3 rings (SSSR count). The molecule has 1 fully saturated rings. The van der Waals surface area contributed by atoms with E-state index in [0.717, 1.165) is 38.6 Å². The van der Waals surface area contributed by atoms with Gasteiger partial charge in [0, 0.05) is 38.8 Å². The first-order valence-electron chi connectivity index (χ1n) is 8.69. The molecule has 2 aliphatic rings. The average molecular weight is 300 g/mol. The number of benzene rings is 1. The van der Waals surface area contributed by atoms with E-state index in [4.69, 9.17) is 4.99 Å². The van der Waals surface area contributed by atoms with Crippen molar-refractivity contribution in [1.29, 1.82) is 0 Å². The van der Waals surface area contributed by atoms with Crippen LogP contribution in [0.5, 0.6) is 0 Å². The highest BCUT2D eigenvalue weighted by Crippen LogP contribution is 2.19. The monoisotopic (exact) mass is 300 g/mol. The van der Waals surface area contributed by atoms with Crippen molar-refractivity contribution in [3.63, 3.8) is 0 Å². The van der Waals surface area contributed by atoms with Crippen molar-refractivity contribution in [1.82, 2.24) is 15.5 Å². The molecule has 0 amide bonds. The maximum absolute atomic E-state index is 4.69. The molecule has 4 heteroatoms. The zero-order valence-corrected chi connectivity index (χ0v) is 13.6. The van der Waals surface area contributed by atoms with E-state index in [1.807, 2.05) is 0 Å². The van der Waals surface area contributed by atoms with Gasteiger partial charge in [-0.25, -0.2) is 0 Å². The average Bonchev–Trinajstić information content (AvgIpc) is 3.35. The summed E-state index contributed by atoms with van der Waals surface area (Å²) >= 11 is 0. The number of hydrogen-bond donors (Lipinski definition) is 2. The summed E-state index contributed by atoms with van der Waals surface area (Å²) in [5.41, 5.74) is 3.03. The minimum Gasteiger partial charge on any atom is -0.357 e. The van der Waals surface area contributed by atoms with Crippen LogP contribution in [0.25, 0.3) is 0 Å². The molecule has 1 aromatic carbocycles. The minimum atomic E-state index is 0.663. The third kappa shape index (κ3) is 4.47. The number of aliphatic imine (C=N–C) groups is 1. The molecular weight excluding hydrogens is 272 g/mol. The molecule has 0 saturated heterocycles. The summed E-state index contributed by atoms with van der Waals surface area (Å²) in [5, 5.41) is 6.80. The molecule has 1 aromatic rings. The predicted molar refractivity (Wildman–Crippen MR) is 92.2 cm³/mol. The van der Waals surface area contributed by atoms with E-state index in [2.05, 4.69) is 46.7 Å². The van der Waals surface area contributed by atoms with Gasteiger partial charge in [0.05, 0.1) is 0 Å². The van der Waals surface area contributed by atoms with E-state index < -0.39 is 0 Å². The van der Waals surface area contributed by atoms with Crippen LogP contribution in [0.4, 0.5) is 0 Å². The first-order chi connectivity index (χ1) is 10.8. The van der Waals surface area contributed by atoms with Gasteiger partial charge in [0.2, 0.25) is 0 Å². The lowest BCUT2D eigenvalue weighted by molar-refractivity contribution is 0.252. The van der Waals surface area contributed by atoms with Crippen LogP contribution in [-0.2, 0) is 13.0 Å².